The Hall–Kier alpha value is -2.30. The highest BCUT2D eigenvalue weighted by Gasteiger charge is 2.08. The molecule has 0 spiro atoms. The molecule has 1 N–H and O–H groups in total. The highest BCUT2D eigenvalue weighted by molar-refractivity contribution is 6.03. The van der Waals surface area contributed by atoms with Gasteiger partial charge in [0.05, 0.1) is 7.11 Å². The maximum Gasteiger partial charge on any atom is 0.257 e. The number of anilines is 1. The van der Waals surface area contributed by atoms with E-state index in [0.29, 0.717) is 11.5 Å². The van der Waals surface area contributed by atoms with Gasteiger partial charge in [0.2, 0.25) is 5.95 Å². The lowest BCUT2D eigenvalue weighted by atomic mass is 10.2. The number of amides is 1. The number of carbonyl (C=O) groups is 1. The van der Waals surface area contributed by atoms with E-state index >= 15 is 0 Å². The molecule has 0 saturated carbocycles. The molecule has 2 aromatic rings. The van der Waals surface area contributed by atoms with Crippen molar-refractivity contribution in [2.24, 2.45) is 7.05 Å². The first-order chi connectivity index (χ1) is 8.20. The summed E-state index contributed by atoms with van der Waals surface area (Å²) in [7, 11) is 3.40. The number of methoxy groups -OCH3 is 1. The lowest BCUT2D eigenvalue weighted by Gasteiger charge is -2.05. The molecule has 5 nitrogen and oxygen atoms in total. The predicted octanol–water partition coefficient (Wildman–Crippen LogP) is 1.68. The number of rotatable bonds is 3. The van der Waals surface area contributed by atoms with Gasteiger partial charge in [0.15, 0.2) is 0 Å². The van der Waals surface area contributed by atoms with E-state index in [2.05, 4.69) is 10.3 Å². The Labute approximate surface area is 99.0 Å². The van der Waals surface area contributed by atoms with Gasteiger partial charge in [-0.25, -0.2) is 4.98 Å². The topological polar surface area (TPSA) is 56.1 Å². The molecule has 0 unspecified atom stereocenters. The van der Waals surface area contributed by atoms with Crippen LogP contribution in [-0.4, -0.2) is 22.6 Å². The minimum atomic E-state index is -0.193. The number of carbonyl (C=O) groups excluding carboxylic acids is 1. The minimum Gasteiger partial charge on any atom is -0.497 e. The van der Waals surface area contributed by atoms with Crippen molar-refractivity contribution in [3.63, 3.8) is 0 Å². The van der Waals surface area contributed by atoms with Gasteiger partial charge in [-0.2, -0.15) is 0 Å². The Balaban J connectivity index is 2.12. The zero-order valence-electron chi connectivity index (χ0n) is 9.68. The van der Waals surface area contributed by atoms with Gasteiger partial charge in [0.1, 0.15) is 5.75 Å². The molecule has 1 amide bonds. The zero-order chi connectivity index (χ0) is 12.3. The van der Waals surface area contributed by atoms with Crippen molar-refractivity contribution in [2.75, 3.05) is 12.4 Å². The normalized spacial score (nSPS) is 10.0. The summed E-state index contributed by atoms with van der Waals surface area (Å²) in [6.07, 6.45) is 3.40. The third-order valence-electron chi connectivity index (χ3n) is 2.40. The smallest absolute Gasteiger partial charge is 0.257 e. The van der Waals surface area contributed by atoms with Crippen LogP contribution in [0, 0.1) is 0 Å². The Morgan fingerprint density at radius 2 is 2.06 bits per heavy atom. The van der Waals surface area contributed by atoms with E-state index < -0.39 is 0 Å². The Bertz CT molecular complexity index is 517. The van der Waals surface area contributed by atoms with Crippen LogP contribution in [0.4, 0.5) is 5.95 Å². The molecular weight excluding hydrogens is 218 g/mol. The molecule has 5 heteroatoms. The second kappa shape index (κ2) is 4.69. The van der Waals surface area contributed by atoms with Crippen molar-refractivity contribution in [2.45, 2.75) is 0 Å². The van der Waals surface area contributed by atoms with Gasteiger partial charge in [-0.05, 0) is 24.3 Å². The number of hydrogen-bond acceptors (Lipinski definition) is 3. The fourth-order valence-corrected chi connectivity index (χ4v) is 1.40. The van der Waals surface area contributed by atoms with Crippen molar-refractivity contribution in [1.82, 2.24) is 9.55 Å². The molecule has 0 fully saturated rings. The van der Waals surface area contributed by atoms with Crippen LogP contribution in [0.15, 0.2) is 36.7 Å². The third kappa shape index (κ3) is 2.44. The van der Waals surface area contributed by atoms with Crippen LogP contribution in [-0.2, 0) is 7.05 Å². The first-order valence-electron chi connectivity index (χ1n) is 5.13. The summed E-state index contributed by atoms with van der Waals surface area (Å²) >= 11 is 0. The molecule has 0 radical (unpaired) electrons. The number of imidazole rings is 1. The molecule has 0 atom stereocenters. The number of aryl methyl sites for hydroxylation is 1. The molecule has 0 saturated heterocycles. The standard InChI is InChI=1S/C12H13N3O2/c1-15-8-7-13-12(15)14-11(16)9-3-5-10(17-2)6-4-9/h3-8H,1-2H3,(H,13,14,16). The van der Waals surface area contributed by atoms with Gasteiger partial charge in [-0.3, -0.25) is 10.1 Å². The molecule has 88 valence electrons. The number of benzene rings is 1. The number of nitrogens with zero attached hydrogens (tertiary/aromatic N) is 2. The molecule has 1 aromatic heterocycles. The third-order valence-corrected chi connectivity index (χ3v) is 2.40. The predicted molar refractivity (Wildman–Crippen MR) is 64.2 cm³/mol. The second-order valence-corrected chi connectivity index (χ2v) is 3.54. The maximum absolute atomic E-state index is 11.9. The van der Waals surface area contributed by atoms with E-state index in [1.807, 2.05) is 7.05 Å². The average molecular weight is 231 g/mol. The lowest BCUT2D eigenvalue weighted by molar-refractivity contribution is 0.102. The largest absolute Gasteiger partial charge is 0.497 e. The van der Waals surface area contributed by atoms with Crippen LogP contribution in [0.5, 0.6) is 5.75 Å². The maximum atomic E-state index is 11.9. The number of nitrogens with one attached hydrogen (secondary N) is 1. The summed E-state index contributed by atoms with van der Waals surface area (Å²) < 4.78 is 6.76. The summed E-state index contributed by atoms with van der Waals surface area (Å²) in [5.41, 5.74) is 0.564. The molecule has 0 aliphatic heterocycles. The van der Waals surface area contributed by atoms with Crippen LogP contribution in [0.2, 0.25) is 0 Å². The van der Waals surface area contributed by atoms with Gasteiger partial charge in [0, 0.05) is 25.0 Å². The van der Waals surface area contributed by atoms with E-state index in [4.69, 9.17) is 4.74 Å². The van der Waals surface area contributed by atoms with Gasteiger partial charge in [-0.15, -0.1) is 0 Å². The first kappa shape index (κ1) is 11.2. The molecule has 1 aromatic carbocycles. The average Bonchev–Trinajstić information content (AvgIpc) is 2.75. The van der Waals surface area contributed by atoms with E-state index in [0.717, 1.165) is 5.75 Å². The van der Waals surface area contributed by atoms with Gasteiger partial charge >= 0.3 is 0 Å². The monoisotopic (exact) mass is 231 g/mol. The molecule has 0 aliphatic carbocycles. The summed E-state index contributed by atoms with van der Waals surface area (Å²) in [4.78, 5) is 15.9. The zero-order valence-corrected chi connectivity index (χ0v) is 9.68. The minimum absolute atomic E-state index is 0.193. The fraction of sp³-hybridized carbons (Fsp3) is 0.167. The van der Waals surface area contributed by atoms with Crippen molar-refractivity contribution in [1.29, 1.82) is 0 Å². The first-order valence-corrected chi connectivity index (χ1v) is 5.13. The summed E-state index contributed by atoms with van der Waals surface area (Å²) in [5.74, 6) is 1.05. The summed E-state index contributed by atoms with van der Waals surface area (Å²) in [6, 6.07) is 6.90. The second-order valence-electron chi connectivity index (χ2n) is 3.54. The quantitative estimate of drug-likeness (QED) is 0.874. The van der Waals surface area contributed by atoms with Crippen LogP contribution in [0.1, 0.15) is 10.4 Å². The molecule has 17 heavy (non-hydrogen) atoms. The number of ether oxygens (including phenoxy) is 1. The number of hydrogen-bond donors (Lipinski definition) is 1. The van der Waals surface area contributed by atoms with E-state index in [1.54, 1.807) is 48.3 Å². The van der Waals surface area contributed by atoms with Crippen molar-refractivity contribution >= 4 is 11.9 Å². The van der Waals surface area contributed by atoms with E-state index in [-0.39, 0.29) is 5.91 Å². The molecule has 1 heterocycles. The summed E-state index contributed by atoms with van der Waals surface area (Å²) in [5, 5.41) is 2.72. The SMILES string of the molecule is COc1ccc(C(=O)Nc2nccn2C)cc1. The van der Waals surface area contributed by atoms with Crippen molar-refractivity contribution in [3.05, 3.63) is 42.2 Å². The highest BCUT2D eigenvalue weighted by atomic mass is 16.5. The fourth-order valence-electron chi connectivity index (χ4n) is 1.40. The van der Waals surface area contributed by atoms with Gasteiger partial charge in [-0.1, -0.05) is 0 Å². The molecular formula is C12H13N3O2. The Morgan fingerprint density at radius 1 is 1.35 bits per heavy atom. The highest BCUT2D eigenvalue weighted by Crippen LogP contribution is 2.12. The van der Waals surface area contributed by atoms with Gasteiger partial charge < -0.3 is 9.30 Å². The summed E-state index contributed by atoms with van der Waals surface area (Å²) in [6.45, 7) is 0. The molecule has 0 bridgehead atoms. The van der Waals surface area contributed by atoms with Gasteiger partial charge in [0.25, 0.3) is 5.91 Å². The van der Waals surface area contributed by atoms with E-state index in [9.17, 15) is 4.79 Å². The van der Waals surface area contributed by atoms with Crippen LogP contribution < -0.4 is 10.1 Å². The van der Waals surface area contributed by atoms with Crippen LogP contribution >= 0.6 is 0 Å². The Morgan fingerprint density at radius 3 is 2.59 bits per heavy atom. The van der Waals surface area contributed by atoms with Crippen molar-refractivity contribution < 1.29 is 9.53 Å². The molecule has 2 rings (SSSR count). The van der Waals surface area contributed by atoms with Crippen LogP contribution in [0.25, 0.3) is 0 Å². The molecule has 0 aliphatic rings. The van der Waals surface area contributed by atoms with Crippen molar-refractivity contribution in [3.8, 4) is 5.75 Å². The van der Waals surface area contributed by atoms with Crippen LogP contribution in [0.3, 0.4) is 0 Å². The van der Waals surface area contributed by atoms with E-state index in [1.165, 1.54) is 0 Å². The lowest BCUT2D eigenvalue weighted by Crippen LogP contribution is -2.14. The Kier molecular flexibility index (Phi) is 3.09. The number of aromatic nitrogens is 2.